The van der Waals surface area contributed by atoms with Crippen LogP contribution >= 0.6 is 0 Å². The van der Waals surface area contributed by atoms with Gasteiger partial charge in [-0.15, -0.1) is 0 Å². The molecule has 0 aromatic heterocycles. The number of esters is 2. The minimum atomic E-state index is -0.759. The van der Waals surface area contributed by atoms with Crippen LogP contribution < -0.4 is 14.8 Å². The van der Waals surface area contributed by atoms with Crippen LogP contribution in [0.2, 0.25) is 0 Å². The Morgan fingerprint density at radius 3 is 2.60 bits per heavy atom. The molecular formula is C23H27NO6. The van der Waals surface area contributed by atoms with Gasteiger partial charge in [0.05, 0.1) is 32.1 Å². The van der Waals surface area contributed by atoms with Crippen molar-refractivity contribution in [2.45, 2.75) is 38.8 Å². The topological polar surface area (TPSA) is 83.1 Å². The van der Waals surface area contributed by atoms with Crippen molar-refractivity contribution in [1.29, 1.82) is 0 Å². The second kappa shape index (κ2) is 10.0. The van der Waals surface area contributed by atoms with Crippen molar-refractivity contribution in [2.24, 2.45) is 0 Å². The number of cyclic esters (lactones) is 1. The summed E-state index contributed by atoms with van der Waals surface area (Å²) in [5, 5.41) is 3.14. The molecule has 0 bridgehead atoms. The highest BCUT2D eigenvalue weighted by Gasteiger charge is 2.36. The zero-order valence-electron chi connectivity index (χ0n) is 17.5. The van der Waals surface area contributed by atoms with Crippen molar-refractivity contribution < 1.29 is 28.5 Å². The number of anilines is 1. The van der Waals surface area contributed by atoms with Gasteiger partial charge in [-0.3, -0.25) is 0 Å². The molecule has 30 heavy (non-hydrogen) atoms. The minimum absolute atomic E-state index is 0.310. The van der Waals surface area contributed by atoms with Crippen LogP contribution in [0, 0.1) is 0 Å². The molecule has 0 radical (unpaired) electrons. The monoisotopic (exact) mass is 413 g/mol. The van der Waals surface area contributed by atoms with E-state index in [9.17, 15) is 9.59 Å². The fourth-order valence-electron chi connectivity index (χ4n) is 3.41. The predicted molar refractivity (Wildman–Crippen MR) is 112 cm³/mol. The van der Waals surface area contributed by atoms with Gasteiger partial charge in [-0.2, -0.15) is 0 Å². The number of ether oxygens (including phenoxy) is 4. The maximum atomic E-state index is 12.6. The minimum Gasteiger partial charge on any atom is -0.493 e. The smallest absolute Gasteiger partial charge is 0.344 e. The molecule has 0 saturated carbocycles. The van der Waals surface area contributed by atoms with E-state index < -0.39 is 18.2 Å². The maximum absolute atomic E-state index is 12.6. The molecule has 0 aliphatic carbocycles. The second-order valence-corrected chi connectivity index (χ2v) is 6.94. The summed E-state index contributed by atoms with van der Waals surface area (Å²) in [6.45, 7) is 2.51. The summed E-state index contributed by atoms with van der Waals surface area (Å²) in [5.41, 5.74) is 1.83. The summed E-state index contributed by atoms with van der Waals surface area (Å²) in [7, 11) is 2.97. The number of hydrogen-bond acceptors (Lipinski definition) is 7. The van der Waals surface area contributed by atoms with Crippen LogP contribution in [0.3, 0.4) is 0 Å². The Kier molecular flexibility index (Phi) is 7.17. The van der Waals surface area contributed by atoms with E-state index in [1.807, 2.05) is 0 Å². The van der Waals surface area contributed by atoms with Crippen LogP contribution in [0.25, 0.3) is 0 Å². The lowest BCUT2D eigenvalue weighted by Crippen LogP contribution is -2.15. The van der Waals surface area contributed by atoms with Crippen molar-refractivity contribution in [3.63, 3.8) is 0 Å². The lowest BCUT2D eigenvalue weighted by Gasteiger charge is -2.17. The van der Waals surface area contributed by atoms with E-state index >= 15 is 0 Å². The summed E-state index contributed by atoms with van der Waals surface area (Å²) < 4.78 is 21.5. The van der Waals surface area contributed by atoms with Gasteiger partial charge >= 0.3 is 11.9 Å². The third kappa shape index (κ3) is 4.50. The molecule has 0 spiro atoms. The van der Waals surface area contributed by atoms with Crippen LogP contribution in [0.5, 0.6) is 11.5 Å². The maximum Gasteiger partial charge on any atom is 0.344 e. The molecule has 7 nitrogen and oxygen atoms in total. The fraction of sp³-hybridized carbons (Fsp3) is 0.391. The number of fused-ring (bicyclic) bond motifs is 1. The molecule has 0 saturated heterocycles. The van der Waals surface area contributed by atoms with Gasteiger partial charge in [0, 0.05) is 5.56 Å². The molecule has 0 amide bonds. The highest BCUT2D eigenvalue weighted by molar-refractivity contribution is 5.99. The van der Waals surface area contributed by atoms with Crippen molar-refractivity contribution in [3.8, 4) is 11.5 Å². The Morgan fingerprint density at radius 2 is 1.87 bits per heavy atom. The lowest BCUT2D eigenvalue weighted by atomic mass is 10.1. The van der Waals surface area contributed by atoms with Crippen molar-refractivity contribution in [2.75, 3.05) is 26.1 Å². The number of hydrogen-bond donors (Lipinski definition) is 1. The van der Waals surface area contributed by atoms with Crippen LogP contribution in [0.1, 0.15) is 65.1 Å². The number of methoxy groups -OCH3 is 2. The Bertz CT molecular complexity index is 911. The standard InChI is InChI=1S/C23H27NO6/c1-4-5-6-9-14-29-22(25)15-10-7-8-11-17(15)24-21-16-12-13-18(27-2)20(28-3)19(16)23(26)30-21/h7-8,10-13,21,24H,4-6,9,14H2,1-3H3/t21-/m0/s1. The number of unbranched alkanes of at least 4 members (excludes halogenated alkanes) is 3. The van der Waals surface area contributed by atoms with E-state index in [1.54, 1.807) is 36.4 Å². The summed E-state index contributed by atoms with van der Waals surface area (Å²) in [5.74, 6) is -0.161. The number of carbonyl (C=O) groups is 2. The first kappa shape index (κ1) is 21.5. The van der Waals surface area contributed by atoms with Crippen molar-refractivity contribution in [1.82, 2.24) is 0 Å². The summed E-state index contributed by atoms with van der Waals surface area (Å²) >= 11 is 0. The molecule has 2 aromatic rings. The molecule has 1 aliphatic rings. The third-order valence-corrected chi connectivity index (χ3v) is 4.95. The number of nitrogens with one attached hydrogen (secondary N) is 1. The second-order valence-electron chi connectivity index (χ2n) is 6.94. The molecule has 1 aliphatic heterocycles. The predicted octanol–water partition coefficient (Wildman–Crippen LogP) is 4.72. The zero-order valence-corrected chi connectivity index (χ0v) is 17.5. The largest absolute Gasteiger partial charge is 0.493 e. The molecule has 1 N–H and O–H groups in total. The number of rotatable bonds is 10. The molecule has 160 valence electrons. The van der Waals surface area contributed by atoms with Gasteiger partial charge in [-0.25, -0.2) is 9.59 Å². The van der Waals surface area contributed by atoms with E-state index in [0.29, 0.717) is 40.5 Å². The van der Waals surface area contributed by atoms with E-state index in [2.05, 4.69) is 12.2 Å². The highest BCUT2D eigenvalue weighted by Crippen LogP contribution is 2.42. The zero-order chi connectivity index (χ0) is 21.5. The Morgan fingerprint density at radius 1 is 1.07 bits per heavy atom. The summed E-state index contributed by atoms with van der Waals surface area (Å²) in [6, 6.07) is 10.5. The van der Waals surface area contributed by atoms with E-state index in [0.717, 1.165) is 25.7 Å². The normalized spacial score (nSPS) is 14.6. The van der Waals surface area contributed by atoms with Gasteiger partial charge in [-0.1, -0.05) is 38.3 Å². The van der Waals surface area contributed by atoms with E-state index in [1.165, 1.54) is 14.2 Å². The van der Waals surface area contributed by atoms with Crippen molar-refractivity contribution >= 4 is 17.6 Å². The van der Waals surface area contributed by atoms with Gasteiger partial charge in [0.25, 0.3) is 0 Å². The third-order valence-electron chi connectivity index (χ3n) is 4.95. The average molecular weight is 413 g/mol. The first-order chi connectivity index (χ1) is 14.6. The molecule has 7 heteroatoms. The summed E-state index contributed by atoms with van der Waals surface area (Å²) in [4.78, 5) is 25.0. The Hall–Kier alpha value is -3.22. The Balaban J connectivity index is 1.78. The van der Waals surface area contributed by atoms with Crippen LogP contribution in [0.15, 0.2) is 36.4 Å². The fourth-order valence-corrected chi connectivity index (χ4v) is 3.41. The summed E-state index contributed by atoms with van der Waals surface area (Å²) in [6.07, 6.45) is 3.36. The Labute approximate surface area is 176 Å². The average Bonchev–Trinajstić information content (AvgIpc) is 3.08. The SMILES string of the molecule is CCCCCCOC(=O)c1ccccc1N[C@H]1OC(=O)c2c1ccc(OC)c2OC. The molecule has 0 unspecified atom stereocenters. The van der Waals surface area contributed by atoms with Crippen LogP contribution in [-0.2, 0) is 9.47 Å². The van der Waals surface area contributed by atoms with Crippen LogP contribution in [0.4, 0.5) is 5.69 Å². The van der Waals surface area contributed by atoms with E-state index in [4.69, 9.17) is 18.9 Å². The molecular weight excluding hydrogens is 386 g/mol. The molecule has 1 heterocycles. The van der Waals surface area contributed by atoms with Gasteiger partial charge in [0.2, 0.25) is 6.23 Å². The van der Waals surface area contributed by atoms with Gasteiger partial charge in [-0.05, 0) is 30.7 Å². The van der Waals surface area contributed by atoms with E-state index in [-0.39, 0.29) is 0 Å². The number of benzene rings is 2. The molecule has 0 fully saturated rings. The quantitative estimate of drug-likeness (QED) is 0.446. The molecule has 1 atom stereocenters. The van der Waals surface area contributed by atoms with Crippen LogP contribution in [-0.4, -0.2) is 32.8 Å². The first-order valence-electron chi connectivity index (χ1n) is 10.1. The van der Waals surface area contributed by atoms with Crippen molar-refractivity contribution in [3.05, 3.63) is 53.1 Å². The molecule has 2 aromatic carbocycles. The van der Waals surface area contributed by atoms with Gasteiger partial charge in [0.1, 0.15) is 5.56 Å². The number of para-hydroxylation sites is 1. The first-order valence-corrected chi connectivity index (χ1v) is 10.1. The van der Waals surface area contributed by atoms with Gasteiger partial charge in [0.15, 0.2) is 11.5 Å². The lowest BCUT2D eigenvalue weighted by molar-refractivity contribution is 0.0435. The van der Waals surface area contributed by atoms with Gasteiger partial charge < -0.3 is 24.3 Å². The molecule has 3 rings (SSSR count). The highest BCUT2D eigenvalue weighted by atomic mass is 16.6. The number of carbonyl (C=O) groups excluding carboxylic acids is 2.